The summed E-state index contributed by atoms with van der Waals surface area (Å²) in [5.41, 5.74) is 0.0797. The van der Waals surface area contributed by atoms with E-state index < -0.39 is 17.9 Å². The van der Waals surface area contributed by atoms with Gasteiger partial charge in [0, 0.05) is 12.2 Å². The van der Waals surface area contributed by atoms with Crippen LogP contribution in [0.4, 0.5) is 0 Å². The fourth-order valence-electron chi connectivity index (χ4n) is 1.91. The number of carbonyl (C=O) groups is 3. The highest BCUT2D eigenvalue weighted by Gasteiger charge is 2.17. The molecule has 0 aliphatic heterocycles. The first-order valence-corrected chi connectivity index (χ1v) is 7.65. The third-order valence-electron chi connectivity index (χ3n) is 3.20. The van der Waals surface area contributed by atoms with Gasteiger partial charge < -0.3 is 18.9 Å². The van der Waals surface area contributed by atoms with Gasteiger partial charge in [0.1, 0.15) is 11.5 Å². The Morgan fingerprint density at radius 1 is 0.778 bits per heavy atom. The van der Waals surface area contributed by atoms with Crippen LogP contribution in [0.25, 0.3) is 0 Å². The first kappa shape index (κ1) is 19.5. The van der Waals surface area contributed by atoms with E-state index in [-0.39, 0.29) is 17.1 Å². The zero-order chi connectivity index (χ0) is 19.8. The second-order valence-electron chi connectivity index (χ2n) is 4.98. The first-order chi connectivity index (χ1) is 13.0. The normalized spacial score (nSPS) is 9.67. The molecular weight excluding hydrogens is 352 g/mol. The van der Waals surface area contributed by atoms with Crippen LogP contribution in [0.5, 0.6) is 23.0 Å². The SMILES string of the molecule is C=CC(=O)Oc1ccc(C(=O)Oc2ccc(OC)cc2)cc1OC(=O)C=C. The fourth-order valence-corrected chi connectivity index (χ4v) is 1.91. The minimum absolute atomic E-state index is 0.0592. The lowest BCUT2D eigenvalue weighted by molar-refractivity contribution is -0.131. The van der Waals surface area contributed by atoms with Crippen molar-refractivity contribution in [3.8, 4) is 23.0 Å². The Bertz CT molecular complexity index is 882. The predicted octanol–water partition coefficient (Wildman–Crippen LogP) is 3.10. The molecule has 0 aliphatic carbocycles. The van der Waals surface area contributed by atoms with Crippen LogP contribution in [-0.4, -0.2) is 25.0 Å². The Labute approximate surface area is 155 Å². The predicted molar refractivity (Wildman–Crippen MR) is 96.1 cm³/mol. The lowest BCUT2D eigenvalue weighted by atomic mass is 10.2. The number of ether oxygens (including phenoxy) is 4. The molecule has 0 unspecified atom stereocenters. The first-order valence-electron chi connectivity index (χ1n) is 7.65. The average Bonchev–Trinajstić information content (AvgIpc) is 2.69. The lowest BCUT2D eigenvalue weighted by Gasteiger charge is -2.11. The van der Waals surface area contributed by atoms with Crippen molar-refractivity contribution in [2.24, 2.45) is 0 Å². The van der Waals surface area contributed by atoms with Crippen LogP contribution in [0.1, 0.15) is 10.4 Å². The van der Waals surface area contributed by atoms with Gasteiger partial charge in [-0.3, -0.25) is 0 Å². The van der Waals surface area contributed by atoms with Gasteiger partial charge in [0.2, 0.25) is 0 Å². The van der Waals surface area contributed by atoms with Crippen LogP contribution in [0.15, 0.2) is 67.8 Å². The van der Waals surface area contributed by atoms with Crippen LogP contribution < -0.4 is 18.9 Å². The average molecular weight is 368 g/mol. The summed E-state index contributed by atoms with van der Waals surface area (Å²) >= 11 is 0. The second-order valence-corrected chi connectivity index (χ2v) is 4.98. The van der Waals surface area contributed by atoms with Crippen molar-refractivity contribution in [1.29, 1.82) is 0 Å². The molecule has 0 radical (unpaired) electrons. The highest BCUT2D eigenvalue weighted by molar-refractivity contribution is 5.93. The number of hydrogen-bond donors (Lipinski definition) is 0. The number of methoxy groups -OCH3 is 1. The van der Waals surface area contributed by atoms with Gasteiger partial charge in [0.15, 0.2) is 11.5 Å². The van der Waals surface area contributed by atoms with Gasteiger partial charge in [0.05, 0.1) is 12.7 Å². The molecule has 7 nitrogen and oxygen atoms in total. The third kappa shape index (κ3) is 5.30. The van der Waals surface area contributed by atoms with Crippen molar-refractivity contribution in [1.82, 2.24) is 0 Å². The summed E-state index contributed by atoms with van der Waals surface area (Å²) in [6.45, 7) is 6.58. The molecule has 2 aromatic carbocycles. The van der Waals surface area contributed by atoms with Crippen LogP contribution in [0.2, 0.25) is 0 Å². The van der Waals surface area contributed by atoms with Crippen LogP contribution in [-0.2, 0) is 9.59 Å². The summed E-state index contributed by atoms with van der Waals surface area (Å²) in [7, 11) is 1.52. The second kappa shape index (κ2) is 9.00. The maximum Gasteiger partial charge on any atom is 0.343 e. The van der Waals surface area contributed by atoms with E-state index in [0.29, 0.717) is 11.5 Å². The summed E-state index contributed by atoms with van der Waals surface area (Å²) in [6.07, 6.45) is 1.88. The number of benzene rings is 2. The zero-order valence-electron chi connectivity index (χ0n) is 14.5. The molecule has 0 N–H and O–H groups in total. The Morgan fingerprint density at radius 2 is 1.33 bits per heavy atom. The van der Waals surface area contributed by atoms with Crippen molar-refractivity contribution in [3.63, 3.8) is 0 Å². The molecular formula is C20H16O7. The number of esters is 3. The molecule has 7 heteroatoms. The summed E-state index contributed by atoms with van der Waals surface area (Å²) in [5, 5.41) is 0. The van der Waals surface area contributed by atoms with E-state index in [2.05, 4.69) is 13.2 Å². The monoisotopic (exact) mass is 368 g/mol. The quantitative estimate of drug-likeness (QED) is 0.421. The van der Waals surface area contributed by atoms with Gasteiger partial charge in [-0.05, 0) is 42.5 Å². The molecule has 2 aromatic rings. The molecule has 0 saturated heterocycles. The smallest absolute Gasteiger partial charge is 0.343 e. The fraction of sp³-hybridized carbons (Fsp3) is 0.0500. The summed E-state index contributed by atoms with van der Waals surface area (Å²) in [4.78, 5) is 35.2. The largest absolute Gasteiger partial charge is 0.497 e. The minimum atomic E-state index is -0.786. The number of hydrogen-bond acceptors (Lipinski definition) is 7. The standard InChI is InChI=1S/C20H16O7/c1-4-18(21)26-16-11-6-13(12-17(16)27-19(22)5-2)20(23)25-15-9-7-14(24-3)8-10-15/h4-12H,1-2H2,3H3. The summed E-state index contributed by atoms with van der Waals surface area (Å²) < 4.78 is 20.3. The summed E-state index contributed by atoms with van der Waals surface area (Å²) in [5.74, 6) is -1.52. The van der Waals surface area contributed by atoms with E-state index in [1.165, 1.54) is 25.3 Å². The Balaban J connectivity index is 2.26. The molecule has 27 heavy (non-hydrogen) atoms. The van der Waals surface area contributed by atoms with Crippen molar-refractivity contribution < 1.29 is 33.3 Å². The maximum absolute atomic E-state index is 12.3. The van der Waals surface area contributed by atoms with E-state index >= 15 is 0 Å². The van der Waals surface area contributed by atoms with Crippen LogP contribution >= 0.6 is 0 Å². The highest BCUT2D eigenvalue weighted by atomic mass is 16.6. The maximum atomic E-state index is 12.3. The molecule has 0 aromatic heterocycles. The molecule has 0 fully saturated rings. The lowest BCUT2D eigenvalue weighted by Crippen LogP contribution is -2.12. The van der Waals surface area contributed by atoms with Gasteiger partial charge in [-0.25, -0.2) is 14.4 Å². The molecule has 2 rings (SSSR count). The molecule has 0 aliphatic rings. The Morgan fingerprint density at radius 3 is 1.89 bits per heavy atom. The van der Waals surface area contributed by atoms with Gasteiger partial charge in [-0.2, -0.15) is 0 Å². The molecule has 0 atom stereocenters. The van der Waals surface area contributed by atoms with Crippen LogP contribution in [0.3, 0.4) is 0 Å². The van der Waals surface area contributed by atoms with Crippen molar-refractivity contribution >= 4 is 17.9 Å². The minimum Gasteiger partial charge on any atom is -0.497 e. The highest BCUT2D eigenvalue weighted by Crippen LogP contribution is 2.30. The molecule has 0 amide bonds. The number of carbonyl (C=O) groups excluding carboxylic acids is 3. The zero-order valence-corrected chi connectivity index (χ0v) is 14.5. The van der Waals surface area contributed by atoms with Crippen molar-refractivity contribution in [3.05, 3.63) is 73.3 Å². The van der Waals surface area contributed by atoms with E-state index in [1.54, 1.807) is 24.3 Å². The van der Waals surface area contributed by atoms with E-state index in [1.807, 2.05) is 0 Å². The summed E-state index contributed by atoms with van der Waals surface area (Å²) in [6, 6.07) is 10.3. The molecule has 0 heterocycles. The molecule has 0 bridgehead atoms. The van der Waals surface area contributed by atoms with Crippen molar-refractivity contribution in [2.75, 3.05) is 7.11 Å². The Hall–Kier alpha value is -3.87. The molecule has 138 valence electrons. The molecule has 0 saturated carbocycles. The van der Waals surface area contributed by atoms with Crippen molar-refractivity contribution in [2.45, 2.75) is 0 Å². The van der Waals surface area contributed by atoms with Crippen LogP contribution in [0, 0.1) is 0 Å². The van der Waals surface area contributed by atoms with E-state index in [0.717, 1.165) is 12.2 Å². The molecule has 0 spiro atoms. The van der Waals surface area contributed by atoms with Gasteiger partial charge >= 0.3 is 17.9 Å². The van der Waals surface area contributed by atoms with E-state index in [4.69, 9.17) is 18.9 Å². The third-order valence-corrected chi connectivity index (χ3v) is 3.20. The van der Waals surface area contributed by atoms with Gasteiger partial charge in [-0.1, -0.05) is 13.2 Å². The number of rotatable bonds is 7. The Kier molecular flexibility index (Phi) is 6.49. The van der Waals surface area contributed by atoms with Gasteiger partial charge in [0.25, 0.3) is 0 Å². The van der Waals surface area contributed by atoms with Gasteiger partial charge in [-0.15, -0.1) is 0 Å². The van der Waals surface area contributed by atoms with E-state index in [9.17, 15) is 14.4 Å². The topological polar surface area (TPSA) is 88.1 Å².